The van der Waals surface area contributed by atoms with Gasteiger partial charge in [-0.15, -0.1) is 0 Å². The third-order valence-electron chi connectivity index (χ3n) is 3.19. The number of carbonyl (C=O) groups is 1. The summed E-state index contributed by atoms with van der Waals surface area (Å²) in [5, 5.41) is 2.48. The minimum atomic E-state index is -4.42. The number of urea groups is 1. The molecule has 3 N–H and O–H groups in total. The largest absolute Gasteiger partial charge is 0.416 e. The maximum atomic E-state index is 12.6. The molecule has 1 aliphatic rings. The van der Waals surface area contributed by atoms with Crippen molar-refractivity contribution in [3.63, 3.8) is 0 Å². The number of amides is 2. The molecule has 0 aliphatic carbocycles. The van der Waals surface area contributed by atoms with E-state index in [0.717, 1.165) is 25.0 Å². The van der Waals surface area contributed by atoms with Gasteiger partial charge in [0.25, 0.3) is 0 Å². The second-order valence-electron chi connectivity index (χ2n) is 4.86. The van der Waals surface area contributed by atoms with Crippen LogP contribution >= 0.6 is 0 Å². The SMILES string of the molecule is NC1CCCN(C(=O)Nc2cccc(C(F)(F)F)c2)C1. The van der Waals surface area contributed by atoms with Crippen LogP contribution in [0.5, 0.6) is 0 Å². The molecule has 2 amide bonds. The number of benzene rings is 1. The summed E-state index contributed by atoms with van der Waals surface area (Å²) in [5.74, 6) is 0. The van der Waals surface area contributed by atoms with Crippen molar-refractivity contribution in [2.75, 3.05) is 18.4 Å². The van der Waals surface area contributed by atoms with Crippen molar-refractivity contribution in [1.29, 1.82) is 0 Å². The average Bonchev–Trinajstić information content (AvgIpc) is 2.38. The zero-order chi connectivity index (χ0) is 14.8. The molecular formula is C13H16F3N3O. The number of likely N-dealkylation sites (tertiary alicyclic amines) is 1. The number of hydrogen-bond donors (Lipinski definition) is 2. The molecule has 110 valence electrons. The lowest BCUT2D eigenvalue weighted by Crippen LogP contribution is -2.47. The summed E-state index contributed by atoms with van der Waals surface area (Å²) < 4.78 is 37.7. The number of halogens is 3. The summed E-state index contributed by atoms with van der Waals surface area (Å²) in [4.78, 5) is 13.5. The number of nitrogens with one attached hydrogen (secondary N) is 1. The Balaban J connectivity index is 2.04. The first kappa shape index (κ1) is 14.6. The Morgan fingerprint density at radius 1 is 1.40 bits per heavy atom. The van der Waals surface area contributed by atoms with Crippen LogP contribution in [0.2, 0.25) is 0 Å². The highest BCUT2D eigenvalue weighted by Crippen LogP contribution is 2.30. The van der Waals surface area contributed by atoms with Crippen LogP contribution in [0.1, 0.15) is 18.4 Å². The summed E-state index contributed by atoms with van der Waals surface area (Å²) >= 11 is 0. The molecule has 1 aliphatic heterocycles. The van der Waals surface area contributed by atoms with E-state index in [1.807, 2.05) is 0 Å². The molecule has 1 fully saturated rings. The lowest BCUT2D eigenvalue weighted by Gasteiger charge is -2.30. The first-order valence-corrected chi connectivity index (χ1v) is 6.35. The minimum Gasteiger partial charge on any atom is -0.326 e. The first-order chi connectivity index (χ1) is 9.36. The molecule has 1 saturated heterocycles. The van der Waals surface area contributed by atoms with Crippen molar-refractivity contribution in [3.8, 4) is 0 Å². The number of rotatable bonds is 1. The van der Waals surface area contributed by atoms with Crippen LogP contribution in [0, 0.1) is 0 Å². The normalized spacial score (nSPS) is 19.8. The fraction of sp³-hybridized carbons (Fsp3) is 0.462. The van der Waals surface area contributed by atoms with Crippen molar-refractivity contribution < 1.29 is 18.0 Å². The summed E-state index contributed by atoms with van der Waals surface area (Å²) in [7, 11) is 0. The summed E-state index contributed by atoms with van der Waals surface area (Å²) in [6, 6.07) is 4.08. The summed E-state index contributed by atoms with van der Waals surface area (Å²) in [5.41, 5.74) is 5.11. The van der Waals surface area contributed by atoms with E-state index < -0.39 is 17.8 Å². The van der Waals surface area contributed by atoms with E-state index >= 15 is 0 Å². The molecule has 0 radical (unpaired) electrons. The summed E-state index contributed by atoms with van der Waals surface area (Å²) in [6.07, 6.45) is -2.77. The zero-order valence-electron chi connectivity index (χ0n) is 10.8. The molecule has 1 aromatic rings. The van der Waals surface area contributed by atoms with Gasteiger partial charge in [0.2, 0.25) is 0 Å². The lowest BCUT2D eigenvalue weighted by atomic mass is 10.1. The third-order valence-corrected chi connectivity index (χ3v) is 3.19. The van der Waals surface area contributed by atoms with E-state index in [9.17, 15) is 18.0 Å². The van der Waals surface area contributed by atoms with Crippen LogP contribution in [0.4, 0.5) is 23.7 Å². The molecular weight excluding hydrogens is 271 g/mol. The maximum absolute atomic E-state index is 12.6. The molecule has 1 heterocycles. The van der Waals surface area contributed by atoms with Crippen LogP contribution in [0.3, 0.4) is 0 Å². The van der Waals surface area contributed by atoms with Crippen LogP contribution < -0.4 is 11.1 Å². The molecule has 7 heteroatoms. The van der Waals surface area contributed by atoms with Crippen molar-refractivity contribution in [2.24, 2.45) is 5.73 Å². The topological polar surface area (TPSA) is 58.4 Å². The Kier molecular flexibility index (Phi) is 4.17. The van der Waals surface area contributed by atoms with Gasteiger partial charge in [0.05, 0.1) is 5.56 Å². The fourth-order valence-corrected chi connectivity index (χ4v) is 2.17. The number of alkyl halides is 3. The van der Waals surface area contributed by atoms with Gasteiger partial charge in [-0.2, -0.15) is 13.2 Å². The number of hydrogen-bond acceptors (Lipinski definition) is 2. The Labute approximate surface area is 114 Å². The molecule has 0 saturated carbocycles. The zero-order valence-corrected chi connectivity index (χ0v) is 10.8. The quantitative estimate of drug-likeness (QED) is 0.834. The Bertz CT molecular complexity index is 490. The second-order valence-corrected chi connectivity index (χ2v) is 4.86. The van der Waals surface area contributed by atoms with Gasteiger partial charge >= 0.3 is 12.2 Å². The van der Waals surface area contributed by atoms with Gasteiger partial charge in [0.1, 0.15) is 0 Å². The Hall–Kier alpha value is -1.76. The highest BCUT2D eigenvalue weighted by molar-refractivity contribution is 5.89. The van der Waals surface area contributed by atoms with Crippen LogP contribution in [-0.4, -0.2) is 30.1 Å². The average molecular weight is 287 g/mol. The van der Waals surface area contributed by atoms with Crippen molar-refractivity contribution in [2.45, 2.75) is 25.1 Å². The number of anilines is 1. The minimum absolute atomic E-state index is 0.0731. The maximum Gasteiger partial charge on any atom is 0.416 e. The van der Waals surface area contributed by atoms with Gasteiger partial charge in [-0.05, 0) is 31.0 Å². The van der Waals surface area contributed by atoms with Gasteiger partial charge < -0.3 is 16.0 Å². The standard InChI is InChI=1S/C13H16F3N3O/c14-13(15,16)9-3-1-5-11(7-9)18-12(20)19-6-2-4-10(17)8-19/h1,3,5,7,10H,2,4,6,8,17H2,(H,18,20). The number of piperidine rings is 1. The predicted molar refractivity (Wildman–Crippen MR) is 69.2 cm³/mol. The number of nitrogens with zero attached hydrogens (tertiary/aromatic N) is 1. The summed E-state index contributed by atoms with van der Waals surface area (Å²) in [6.45, 7) is 0.989. The van der Waals surface area contributed by atoms with Crippen LogP contribution in [-0.2, 0) is 6.18 Å². The van der Waals surface area contributed by atoms with E-state index in [4.69, 9.17) is 5.73 Å². The molecule has 1 unspecified atom stereocenters. The molecule has 0 aromatic heterocycles. The van der Waals surface area contributed by atoms with Gasteiger partial charge in [0.15, 0.2) is 0 Å². The Morgan fingerprint density at radius 3 is 2.80 bits per heavy atom. The fourth-order valence-electron chi connectivity index (χ4n) is 2.17. The van der Waals surface area contributed by atoms with Crippen LogP contribution in [0.25, 0.3) is 0 Å². The molecule has 1 atom stereocenters. The highest BCUT2D eigenvalue weighted by atomic mass is 19.4. The molecule has 2 rings (SSSR count). The molecule has 20 heavy (non-hydrogen) atoms. The van der Waals surface area contributed by atoms with E-state index in [0.29, 0.717) is 13.1 Å². The van der Waals surface area contributed by atoms with E-state index in [-0.39, 0.29) is 11.7 Å². The second kappa shape index (κ2) is 5.70. The molecule has 0 spiro atoms. The first-order valence-electron chi connectivity index (χ1n) is 6.35. The van der Waals surface area contributed by atoms with Gasteiger partial charge in [-0.3, -0.25) is 0 Å². The molecule has 1 aromatic carbocycles. The van der Waals surface area contributed by atoms with E-state index in [1.165, 1.54) is 17.0 Å². The highest BCUT2D eigenvalue weighted by Gasteiger charge is 2.30. The van der Waals surface area contributed by atoms with Crippen molar-refractivity contribution in [1.82, 2.24) is 4.90 Å². The smallest absolute Gasteiger partial charge is 0.326 e. The number of carbonyl (C=O) groups excluding carboxylic acids is 1. The molecule has 4 nitrogen and oxygen atoms in total. The van der Waals surface area contributed by atoms with Crippen LogP contribution in [0.15, 0.2) is 24.3 Å². The monoisotopic (exact) mass is 287 g/mol. The Morgan fingerprint density at radius 2 is 2.15 bits per heavy atom. The predicted octanol–water partition coefficient (Wildman–Crippen LogP) is 2.66. The van der Waals surface area contributed by atoms with E-state index in [1.54, 1.807) is 0 Å². The lowest BCUT2D eigenvalue weighted by molar-refractivity contribution is -0.137. The van der Waals surface area contributed by atoms with E-state index in [2.05, 4.69) is 5.32 Å². The van der Waals surface area contributed by atoms with Gasteiger partial charge in [0, 0.05) is 24.8 Å². The third kappa shape index (κ3) is 3.63. The van der Waals surface area contributed by atoms with Crippen molar-refractivity contribution in [3.05, 3.63) is 29.8 Å². The van der Waals surface area contributed by atoms with Gasteiger partial charge in [-0.25, -0.2) is 4.79 Å². The number of nitrogens with two attached hydrogens (primary N) is 1. The van der Waals surface area contributed by atoms with Crippen molar-refractivity contribution >= 4 is 11.7 Å². The van der Waals surface area contributed by atoms with Gasteiger partial charge in [-0.1, -0.05) is 6.07 Å². The molecule has 0 bridgehead atoms.